The highest BCUT2D eigenvalue weighted by molar-refractivity contribution is 6.39. The minimum Gasteiger partial charge on any atom is -0.347 e. The van der Waals surface area contributed by atoms with E-state index < -0.39 is 0 Å². The first-order chi connectivity index (χ1) is 12.0. The van der Waals surface area contributed by atoms with E-state index in [0.717, 1.165) is 19.4 Å². The van der Waals surface area contributed by atoms with Crippen molar-refractivity contribution in [2.75, 3.05) is 20.1 Å². The molecule has 6 nitrogen and oxygen atoms in total. The quantitative estimate of drug-likeness (QED) is 0.899. The number of carbonyl (C=O) groups excluding carboxylic acids is 2. The predicted octanol–water partition coefficient (Wildman–Crippen LogP) is 1.51. The van der Waals surface area contributed by atoms with Gasteiger partial charge in [-0.25, -0.2) is 9.40 Å². The normalized spacial score (nSPS) is 21.8. The van der Waals surface area contributed by atoms with Gasteiger partial charge < -0.3 is 5.32 Å². The van der Waals surface area contributed by atoms with Crippen LogP contribution in [0, 0.1) is 5.82 Å². The number of hydrazone groups is 1. The van der Waals surface area contributed by atoms with Crippen molar-refractivity contribution >= 4 is 17.5 Å². The number of nitrogens with zero attached hydrogens (tertiary/aromatic N) is 3. The smallest absolute Gasteiger partial charge is 0.267 e. The van der Waals surface area contributed by atoms with Crippen molar-refractivity contribution in [3.8, 4) is 0 Å². The summed E-state index contributed by atoms with van der Waals surface area (Å²) in [7, 11) is 1.56. The Morgan fingerprint density at radius 2 is 2.16 bits per heavy atom. The molecule has 2 amide bonds. The molecule has 2 heterocycles. The third-order valence-electron chi connectivity index (χ3n) is 4.66. The summed E-state index contributed by atoms with van der Waals surface area (Å²) in [5.74, 6) is -0.486. The zero-order valence-electron chi connectivity index (χ0n) is 14.4. The van der Waals surface area contributed by atoms with Crippen LogP contribution in [0.4, 0.5) is 4.39 Å². The molecular formula is C18H23FN4O2. The van der Waals surface area contributed by atoms with Gasteiger partial charge in [0.1, 0.15) is 11.5 Å². The van der Waals surface area contributed by atoms with Crippen LogP contribution in [-0.4, -0.2) is 53.6 Å². The highest BCUT2D eigenvalue weighted by Crippen LogP contribution is 2.16. The van der Waals surface area contributed by atoms with Crippen LogP contribution in [0.5, 0.6) is 0 Å². The summed E-state index contributed by atoms with van der Waals surface area (Å²) in [5.41, 5.74) is 1.07. The standard InChI is InChI=1S/C18H23FN4O2/c1-22-17(24)9-8-16(21-22)18(25)20-14-6-4-10-23(12-14)11-13-5-2-3-7-15(13)19/h2-3,5,7,14H,4,6,8-12H2,1H3,(H,20,25)/t14-/m1/s1. The second-order valence-corrected chi connectivity index (χ2v) is 6.60. The molecule has 7 heteroatoms. The number of hydrogen-bond donors (Lipinski definition) is 1. The summed E-state index contributed by atoms with van der Waals surface area (Å²) >= 11 is 0. The van der Waals surface area contributed by atoms with E-state index in [-0.39, 0.29) is 23.7 Å². The van der Waals surface area contributed by atoms with E-state index in [1.165, 1.54) is 11.1 Å². The van der Waals surface area contributed by atoms with Crippen LogP contribution in [-0.2, 0) is 16.1 Å². The van der Waals surface area contributed by atoms with Crippen molar-refractivity contribution in [1.29, 1.82) is 0 Å². The molecule has 1 aromatic rings. The van der Waals surface area contributed by atoms with Gasteiger partial charge in [0.2, 0.25) is 5.91 Å². The minimum absolute atomic E-state index is 0.0126. The zero-order valence-corrected chi connectivity index (χ0v) is 14.4. The van der Waals surface area contributed by atoms with Gasteiger partial charge in [0.15, 0.2) is 0 Å². The first kappa shape index (κ1) is 17.5. The van der Waals surface area contributed by atoms with Crippen LogP contribution in [0.2, 0.25) is 0 Å². The maximum Gasteiger partial charge on any atom is 0.267 e. The lowest BCUT2D eigenvalue weighted by molar-refractivity contribution is -0.130. The maximum absolute atomic E-state index is 13.8. The summed E-state index contributed by atoms with van der Waals surface area (Å²) in [6.07, 6.45) is 2.53. The van der Waals surface area contributed by atoms with Crippen molar-refractivity contribution in [2.45, 2.75) is 38.3 Å². The van der Waals surface area contributed by atoms with E-state index in [1.807, 2.05) is 6.07 Å². The van der Waals surface area contributed by atoms with Crippen LogP contribution < -0.4 is 5.32 Å². The molecule has 1 N–H and O–H groups in total. The average molecular weight is 346 g/mol. The lowest BCUT2D eigenvalue weighted by atomic mass is 10.0. The Bertz CT molecular complexity index is 691. The van der Waals surface area contributed by atoms with E-state index in [9.17, 15) is 14.0 Å². The van der Waals surface area contributed by atoms with Gasteiger partial charge in [-0.2, -0.15) is 5.10 Å². The first-order valence-corrected chi connectivity index (χ1v) is 8.63. The van der Waals surface area contributed by atoms with Gasteiger partial charge in [-0.1, -0.05) is 18.2 Å². The molecule has 25 heavy (non-hydrogen) atoms. The molecule has 1 fully saturated rings. The van der Waals surface area contributed by atoms with Crippen molar-refractivity contribution in [3.63, 3.8) is 0 Å². The molecule has 2 aliphatic rings. The Morgan fingerprint density at radius 1 is 1.36 bits per heavy atom. The Balaban J connectivity index is 1.57. The number of hydrogen-bond acceptors (Lipinski definition) is 4. The molecule has 0 unspecified atom stereocenters. The van der Waals surface area contributed by atoms with Crippen LogP contribution in [0.3, 0.4) is 0 Å². The van der Waals surface area contributed by atoms with Gasteiger partial charge in [-0.05, 0) is 25.5 Å². The first-order valence-electron chi connectivity index (χ1n) is 8.63. The van der Waals surface area contributed by atoms with Crippen molar-refractivity contribution < 1.29 is 14.0 Å². The number of carbonyl (C=O) groups is 2. The molecule has 1 aromatic carbocycles. The van der Waals surface area contributed by atoms with E-state index >= 15 is 0 Å². The SMILES string of the molecule is CN1N=C(C(=O)N[C@@H]2CCCN(Cc3ccccc3F)C2)CCC1=O. The molecule has 0 radical (unpaired) electrons. The summed E-state index contributed by atoms with van der Waals surface area (Å²) in [6, 6.07) is 6.79. The molecule has 0 bridgehead atoms. The van der Waals surface area contributed by atoms with Crippen molar-refractivity contribution in [3.05, 3.63) is 35.6 Å². The van der Waals surface area contributed by atoms with Crippen LogP contribution in [0.15, 0.2) is 29.4 Å². The van der Waals surface area contributed by atoms with Crippen LogP contribution >= 0.6 is 0 Å². The Hall–Kier alpha value is -2.28. The average Bonchev–Trinajstić information content (AvgIpc) is 2.60. The number of rotatable bonds is 4. The molecule has 1 saturated heterocycles. The van der Waals surface area contributed by atoms with Crippen molar-refractivity contribution in [1.82, 2.24) is 15.2 Å². The third kappa shape index (κ3) is 4.42. The van der Waals surface area contributed by atoms with Crippen LogP contribution in [0.1, 0.15) is 31.2 Å². The van der Waals surface area contributed by atoms with Gasteiger partial charge in [0, 0.05) is 44.6 Å². The van der Waals surface area contributed by atoms with Crippen LogP contribution in [0.25, 0.3) is 0 Å². The number of nitrogens with one attached hydrogen (secondary N) is 1. The Morgan fingerprint density at radius 3 is 2.92 bits per heavy atom. The Labute approximate surface area is 146 Å². The summed E-state index contributed by atoms with van der Waals surface area (Å²) in [5, 5.41) is 8.29. The lowest BCUT2D eigenvalue weighted by Gasteiger charge is -2.33. The molecule has 1 atom stereocenters. The van der Waals surface area contributed by atoms with Gasteiger partial charge in [-0.15, -0.1) is 0 Å². The highest BCUT2D eigenvalue weighted by atomic mass is 19.1. The topological polar surface area (TPSA) is 65.0 Å². The molecule has 0 aromatic heterocycles. The molecule has 134 valence electrons. The second-order valence-electron chi connectivity index (χ2n) is 6.60. The lowest BCUT2D eigenvalue weighted by Crippen LogP contribution is -2.50. The van der Waals surface area contributed by atoms with Crippen molar-refractivity contribution in [2.24, 2.45) is 5.10 Å². The van der Waals surface area contributed by atoms with Gasteiger partial charge in [0.25, 0.3) is 5.91 Å². The van der Waals surface area contributed by atoms with Gasteiger partial charge in [-0.3, -0.25) is 14.5 Å². The molecule has 0 aliphatic carbocycles. The largest absolute Gasteiger partial charge is 0.347 e. The fourth-order valence-corrected chi connectivity index (χ4v) is 3.29. The Kier molecular flexibility index (Phi) is 5.43. The van der Waals surface area contributed by atoms with Gasteiger partial charge in [0.05, 0.1) is 0 Å². The number of likely N-dealkylation sites (tertiary alicyclic amines) is 1. The predicted molar refractivity (Wildman–Crippen MR) is 92.3 cm³/mol. The number of amides is 2. The maximum atomic E-state index is 13.8. The second kappa shape index (κ2) is 7.74. The molecule has 0 saturated carbocycles. The number of piperidine rings is 1. The summed E-state index contributed by atoms with van der Waals surface area (Å²) < 4.78 is 13.8. The molecule has 0 spiro atoms. The van der Waals surface area contributed by atoms with E-state index in [1.54, 1.807) is 19.2 Å². The minimum atomic E-state index is -0.211. The molecule has 3 rings (SSSR count). The number of halogens is 1. The monoisotopic (exact) mass is 346 g/mol. The van der Waals surface area contributed by atoms with Gasteiger partial charge >= 0.3 is 0 Å². The summed E-state index contributed by atoms with van der Waals surface area (Å²) in [4.78, 5) is 26.0. The highest BCUT2D eigenvalue weighted by Gasteiger charge is 2.26. The fourth-order valence-electron chi connectivity index (χ4n) is 3.29. The molecule has 2 aliphatic heterocycles. The van der Waals surface area contributed by atoms with E-state index in [2.05, 4.69) is 15.3 Å². The molecular weight excluding hydrogens is 323 g/mol. The van der Waals surface area contributed by atoms with E-state index in [4.69, 9.17) is 0 Å². The van der Waals surface area contributed by atoms with E-state index in [0.29, 0.717) is 37.2 Å². The number of benzene rings is 1. The fraction of sp³-hybridized carbons (Fsp3) is 0.500. The summed E-state index contributed by atoms with van der Waals surface area (Å²) in [6.45, 7) is 2.11. The third-order valence-corrected chi connectivity index (χ3v) is 4.66. The zero-order chi connectivity index (χ0) is 17.8.